The van der Waals surface area contributed by atoms with E-state index in [-0.39, 0.29) is 6.17 Å². The van der Waals surface area contributed by atoms with Crippen molar-refractivity contribution in [2.45, 2.75) is 126 Å². The number of nitrogens with one attached hydrogen (secondary N) is 1. The van der Waals surface area contributed by atoms with Gasteiger partial charge in [-0.25, -0.2) is 0 Å². The summed E-state index contributed by atoms with van der Waals surface area (Å²) in [4.78, 5) is 0. The molecule has 0 spiro atoms. The predicted molar refractivity (Wildman–Crippen MR) is 156 cm³/mol. The van der Waals surface area contributed by atoms with Crippen LogP contribution in [0.1, 0.15) is 120 Å². The normalized spacial score (nSPS) is 33.5. The van der Waals surface area contributed by atoms with E-state index in [1.54, 1.807) is 0 Å². The molecule has 0 aromatic rings. The van der Waals surface area contributed by atoms with Gasteiger partial charge in [0.2, 0.25) is 0 Å². The van der Waals surface area contributed by atoms with E-state index in [1.165, 1.54) is 64.2 Å². The molecule has 1 saturated carbocycles. The molecule has 1 aliphatic carbocycles. The average Bonchev–Trinajstić information content (AvgIpc) is 3.20. The fourth-order valence-corrected chi connectivity index (χ4v) is 7.99. The quantitative estimate of drug-likeness (QED) is 0.226. The Morgan fingerprint density at radius 2 is 1.66 bits per heavy atom. The van der Waals surface area contributed by atoms with Crippen molar-refractivity contribution < 1.29 is 0 Å². The monoisotopic (exact) mass is 489 g/mol. The summed E-state index contributed by atoms with van der Waals surface area (Å²) < 4.78 is 0. The first-order chi connectivity index (χ1) is 16.6. The Bertz CT molecular complexity index is 580. The van der Waals surface area contributed by atoms with Gasteiger partial charge in [0.15, 0.2) is 0 Å². The van der Waals surface area contributed by atoms with Gasteiger partial charge in [-0.2, -0.15) is 0 Å². The largest absolute Gasteiger partial charge is 0.316 e. The molecule has 0 bridgehead atoms. The Balaban J connectivity index is 2.12. The Kier molecular flexibility index (Phi) is 13.4. The lowest BCUT2D eigenvalue weighted by molar-refractivity contribution is 0.0874. The van der Waals surface area contributed by atoms with E-state index in [9.17, 15) is 0 Å². The van der Waals surface area contributed by atoms with Crippen molar-refractivity contribution in [3.8, 4) is 0 Å². The van der Waals surface area contributed by atoms with E-state index in [1.807, 2.05) is 0 Å². The lowest BCUT2D eigenvalue weighted by atomic mass is 9.63. The third-order valence-electron chi connectivity index (χ3n) is 11.1. The molecular formula is C33H64N2. The minimum absolute atomic E-state index is 0.150. The van der Waals surface area contributed by atoms with Crippen LogP contribution in [0, 0.1) is 65.1 Å². The molecular weight excluding hydrogens is 424 g/mol. The standard InChI is InChI=1S/C33H64N2/c1-10-13-14-30(28-17-15-23(5)16-18-28)26(8)29(12-3)27(9)32-21-35-33(34)31(32)20-25(7)24(6)19-22(4)11-2/h12,22-33,35H,3,10-11,13-21,34H2,1-2,4-9H3. The summed E-state index contributed by atoms with van der Waals surface area (Å²) in [5, 5.41) is 3.69. The van der Waals surface area contributed by atoms with Crippen molar-refractivity contribution >= 4 is 0 Å². The second-order valence-corrected chi connectivity index (χ2v) is 13.6. The van der Waals surface area contributed by atoms with Gasteiger partial charge < -0.3 is 11.1 Å². The molecule has 2 nitrogen and oxygen atoms in total. The van der Waals surface area contributed by atoms with E-state index < -0.39 is 0 Å². The molecule has 10 unspecified atom stereocenters. The van der Waals surface area contributed by atoms with Crippen LogP contribution in [0.2, 0.25) is 0 Å². The number of hydrogen-bond acceptors (Lipinski definition) is 2. The number of unbranched alkanes of at least 4 members (excludes halogenated alkanes) is 1. The SMILES string of the molecule is C=CC(C(C)C(CCCC)C1CCC(C)CC1)C(C)C1CNC(N)C1CC(C)C(C)CC(C)CC. The van der Waals surface area contributed by atoms with Crippen LogP contribution < -0.4 is 11.1 Å². The number of nitrogens with two attached hydrogens (primary N) is 1. The van der Waals surface area contributed by atoms with E-state index in [0.717, 1.165) is 42.1 Å². The molecule has 1 saturated heterocycles. The zero-order valence-corrected chi connectivity index (χ0v) is 25.1. The van der Waals surface area contributed by atoms with Gasteiger partial charge in [0.1, 0.15) is 0 Å². The van der Waals surface area contributed by atoms with Crippen molar-refractivity contribution in [3.05, 3.63) is 12.7 Å². The minimum Gasteiger partial charge on any atom is -0.316 e. The zero-order chi connectivity index (χ0) is 26.1. The highest BCUT2D eigenvalue weighted by atomic mass is 15.1. The van der Waals surface area contributed by atoms with Gasteiger partial charge in [0.05, 0.1) is 6.17 Å². The van der Waals surface area contributed by atoms with E-state index >= 15 is 0 Å². The fraction of sp³-hybridized carbons (Fsp3) is 0.939. The molecule has 206 valence electrons. The van der Waals surface area contributed by atoms with Crippen LogP contribution in [-0.2, 0) is 0 Å². The predicted octanol–water partition coefficient (Wildman–Crippen LogP) is 8.91. The molecule has 2 aliphatic rings. The highest BCUT2D eigenvalue weighted by Crippen LogP contribution is 2.46. The maximum absolute atomic E-state index is 6.72. The summed E-state index contributed by atoms with van der Waals surface area (Å²) in [6.45, 7) is 25.1. The van der Waals surface area contributed by atoms with E-state index in [4.69, 9.17) is 5.73 Å². The van der Waals surface area contributed by atoms with Crippen LogP contribution in [0.3, 0.4) is 0 Å². The van der Waals surface area contributed by atoms with Crippen LogP contribution in [-0.4, -0.2) is 12.7 Å². The van der Waals surface area contributed by atoms with Crippen LogP contribution in [0.15, 0.2) is 12.7 Å². The van der Waals surface area contributed by atoms with Gasteiger partial charge in [-0.3, -0.25) is 0 Å². The van der Waals surface area contributed by atoms with Gasteiger partial charge in [-0.1, -0.05) is 93.6 Å². The lowest BCUT2D eigenvalue weighted by Crippen LogP contribution is -2.39. The topological polar surface area (TPSA) is 38.0 Å². The summed E-state index contributed by atoms with van der Waals surface area (Å²) in [5.41, 5.74) is 6.72. The maximum atomic E-state index is 6.72. The second kappa shape index (κ2) is 15.2. The van der Waals surface area contributed by atoms with Crippen molar-refractivity contribution in [2.24, 2.45) is 70.8 Å². The summed E-state index contributed by atoms with van der Waals surface area (Å²) in [6.07, 6.45) is 16.3. The van der Waals surface area contributed by atoms with Crippen molar-refractivity contribution in [1.29, 1.82) is 0 Å². The highest BCUT2D eigenvalue weighted by Gasteiger charge is 2.42. The van der Waals surface area contributed by atoms with Gasteiger partial charge in [-0.15, -0.1) is 6.58 Å². The highest BCUT2D eigenvalue weighted by molar-refractivity contribution is 4.99. The summed E-state index contributed by atoms with van der Waals surface area (Å²) in [7, 11) is 0. The molecule has 0 aromatic carbocycles. The van der Waals surface area contributed by atoms with Crippen LogP contribution in [0.4, 0.5) is 0 Å². The first kappa shape index (κ1) is 30.9. The fourth-order valence-electron chi connectivity index (χ4n) is 7.99. The molecule has 1 heterocycles. The van der Waals surface area contributed by atoms with E-state index in [0.29, 0.717) is 29.6 Å². The van der Waals surface area contributed by atoms with Gasteiger partial charge in [0.25, 0.3) is 0 Å². The molecule has 2 rings (SSSR count). The molecule has 0 aromatic heterocycles. The molecule has 0 amide bonds. The molecule has 0 radical (unpaired) electrons. The molecule has 10 atom stereocenters. The molecule has 2 heteroatoms. The summed E-state index contributed by atoms with van der Waals surface area (Å²) in [5.74, 6) is 8.21. The third-order valence-corrected chi connectivity index (χ3v) is 11.1. The summed E-state index contributed by atoms with van der Waals surface area (Å²) >= 11 is 0. The van der Waals surface area contributed by atoms with Gasteiger partial charge >= 0.3 is 0 Å². The first-order valence-electron chi connectivity index (χ1n) is 15.8. The average molecular weight is 489 g/mol. The maximum Gasteiger partial charge on any atom is 0.0578 e. The lowest BCUT2D eigenvalue weighted by Gasteiger charge is -2.42. The molecule has 2 fully saturated rings. The molecule has 35 heavy (non-hydrogen) atoms. The minimum atomic E-state index is 0.150. The van der Waals surface area contributed by atoms with Gasteiger partial charge in [-0.05, 0) is 97.2 Å². The summed E-state index contributed by atoms with van der Waals surface area (Å²) in [6, 6.07) is 0. The van der Waals surface area contributed by atoms with Crippen LogP contribution in [0.5, 0.6) is 0 Å². The Morgan fingerprint density at radius 3 is 2.23 bits per heavy atom. The Hall–Kier alpha value is -0.340. The van der Waals surface area contributed by atoms with Crippen molar-refractivity contribution in [1.82, 2.24) is 5.32 Å². The molecule has 1 aliphatic heterocycles. The third kappa shape index (κ3) is 8.59. The number of rotatable bonds is 15. The van der Waals surface area contributed by atoms with Crippen LogP contribution in [0.25, 0.3) is 0 Å². The Labute approximate surface area is 221 Å². The van der Waals surface area contributed by atoms with E-state index in [2.05, 4.69) is 73.4 Å². The van der Waals surface area contributed by atoms with Gasteiger partial charge in [0, 0.05) is 6.54 Å². The van der Waals surface area contributed by atoms with Crippen molar-refractivity contribution in [3.63, 3.8) is 0 Å². The zero-order valence-electron chi connectivity index (χ0n) is 25.1. The van der Waals surface area contributed by atoms with Crippen molar-refractivity contribution in [2.75, 3.05) is 6.54 Å². The molecule has 3 N–H and O–H groups in total. The second-order valence-electron chi connectivity index (χ2n) is 13.6. The number of allylic oxidation sites excluding steroid dienone is 1. The smallest absolute Gasteiger partial charge is 0.0578 e. The first-order valence-corrected chi connectivity index (χ1v) is 15.8. The Morgan fingerprint density at radius 1 is 1.00 bits per heavy atom. The van der Waals surface area contributed by atoms with Crippen LogP contribution >= 0.6 is 0 Å². The number of hydrogen-bond donors (Lipinski definition) is 2.